The molecule has 2 aromatic heterocycles. The van der Waals surface area contributed by atoms with E-state index in [2.05, 4.69) is 15.0 Å². The molecule has 0 aromatic carbocycles. The number of carbonyl (C=O) groups excluding carboxylic acids is 1. The lowest BCUT2D eigenvalue weighted by Gasteiger charge is -2.16. The number of anilines is 1. The number of aliphatic hydroxyl groups excluding tert-OH is 2. The number of nitrogen functional groups attached to an aromatic ring is 1. The summed E-state index contributed by atoms with van der Waals surface area (Å²) in [5.41, 5.74) is 6.52. The quantitative estimate of drug-likeness (QED) is 0.371. The summed E-state index contributed by atoms with van der Waals surface area (Å²) in [6, 6.07) is 0. The van der Waals surface area contributed by atoms with Crippen molar-refractivity contribution in [2.45, 2.75) is 31.5 Å². The SMILES string of the molecule is CCOC(=O)/C=C\C=C\[C@H]1OC(n2cnc3c(N)ncnc32)[C@H](O)[C@@H]1O. The number of rotatable bonds is 5. The van der Waals surface area contributed by atoms with Crippen molar-refractivity contribution in [3.05, 3.63) is 37.0 Å². The minimum absolute atomic E-state index is 0.210. The molecule has 26 heavy (non-hydrogen) atoms. The van der Waals surface area contributed by atoms with E-state index in [9.17, 15) is 15.0 Å². The second-order valence-corrected chi connectivity index (χ2v) is 5.55. The van der Waals surface area contributed by atoms with Crippen LogP contribution in [-0.2, 0) is 14.3 Å². The van der Waals surface area contributed by atoms with E-state index in [4.69, 9.17) is 15.2 Å². The van der Waals surface area contributed by atoms with Crippen LogP contribution in [0.4, 0.5) is 5.82 Å². The molecule has 1 unspecified atom stereocenters. The van der Waals surface area contributed by atoms with Gasteiger partial charge in [0, 0.05) is 6.08 Å². The second kappa shape index (κ2) is 7.60. The Labute approximate surface area is 148 Å². The number of nitrogens with two attached hydrogens (primary N) is 1. The number of ether oxygens (including phenoxy) is 2. The number of hydrogen-bond donors (Lipinski definition) is 3. The fourth-order valence-electron chi connectivity index (χ4n) is 2.63. The van der Waals surface area contributed by atoms with E-state index in [1.165, 1.54) is 41.5 Å². The Morgan fingerprint density at radius 1 is 1.35 bits per heavy atom. The van der Waals surface area contributed by atoms with Gasteiger partial charge in [-0.15, -0.1) is 0 Å². The Morgan fingerprint density at radius 2 is 2.15 bits per heavy atom. The van der Waals surface area contributed by atoms with Gasteiger partial charge < -0.3 is 25.4 Å². The van der Waals surface area contributed by atoms with E-state index in [1.54, 1.807) is 6.92 Å². The van der Waals surface area contributed by atoms with Gasteiger partial charge in [-0.05, 0) is 6.92 Å². The van der Waals surface area contributed by atoms with Gasteiger partial charge in [0.05, 0.1) is 12.9 Å². The summed E-state index contributed by atoms with van der Waals surface area (Å²) in [4.78, 5) is 23.3. The van der Waals surface area contributed by atoms with Crippen LogP contribution in [-0.4, -0.2) is 60.6 Å². The molecule has 0 radical (unpaired) electrons. The van der Waals surface area contributed by atoms with Gasteiger partial charge >= 0.3 is 5.97 Å². The van der Waals surface area contributed by atoms with Crippen molar-refractivity contribution in [3.8, 4) is 0 Å². The summed E-state index contributed by atoms with van der Waals surface area (Å²) < 4.78 is 12.0. The summed E-state index contributed by atoms with van der Waals surface area (Å²) in [6.45, 7) is 2.00. The van der Waals surface area contributed by atoms with E-state index < -0.39 is 30.5 Å². The first kappa shape index (κ1) is 18.0. The Bertz CT molecular complexity index is 849. The minimum atomic E-state index is -1.20. The highest BCUT2D eigenvalue weighted by molar-refractivity contribution is 5.82. The van der Waals surface area contributed by atoms with Crippen LogP contribution in [0, 0.1) is 0 Å². The number of aromatic nitrogens is 4. The van der Waals surface area contributed by atoms with Gasteiger partial charge in [0.2, 0.25) is 0 Å². The molecule has 2 aromatic rings. The van der Waals surface area contributed by atoms with Crippen molar-refractivity contribution >= 4 is 23.0 Å². The zero-order valence-corrected chi connectivity index (χ0v) is 14.0. The molecule has 10 heteroatoms. The maximum Gasteiger partial charge on any atom is 0.330 e. The smallest absolute Gasteiger partial charge is 0.330 e. The fraction of sp³-hybridized carbons (Fsp3) is 0.375. The number of allylic oxidation sites excluding steroid dienone is 2. The number of hydrogen-bond acceptors (Lipinski definition) is 9. The first-order chi connectivity index (χ1) is 12.5. The van der Waals surface area contributed by atoms with Crippen LogP contribution >= 0.6 is 0 Å². The number of fused-ring (bicyclic) bond motifs is 1. The monoisotopic (exact) mass is 361 g/mol. The molecule has 4 N–H and O–H groups in total. The van der Waals surface area contributed by atoms with Gasteiger partial charge in [0.15, 0.2) is 17.7 Å². The lowest BCUT2D eigenvalue weighted by molar-refractivity contribution is -0.137. The van der Waals surface area contributed by atoms with E-state index in [-0.39, 0.29) is 12.4 Å². The maximum atomic E-state index is 11.2. The van der Waals surface area contributed by atoms with Crippen molar-refractivity contribution in [2.24, 2.45) is 0 Å². The first-order valence-electron chi connectivity index (χ1n) is 7.99. The van der Waals surface area contributed by atoms with Crippen LogP contribution in [0.2, 0.25) is 0 Å². The van der Waals surface area contributed by atoms with Gasteiger partial charge in [-0.25, -0.2) is 19.7 Å². The largest absolute Gasteiger partial charge is 0.463 e. The minimum Gasteiger partial charge on any atom is -0.463 e. The van der Waals surface area contributed by atoms with Gasteiger partial charge in [-0.2, -0.15) is 0 Å². The van der Waals surface area contributed by atoms with Crippen LogP contribution in [0.1, 0.15) is 13.2 Å². The predicted molar refractivity (Wildman–Crippen MR) is 90.6 cm³/mol. The second-order valence-electron chi connectivity index (χ2n) is 5.55. The molecule has 4 atom stereocenters. The van der Waals surface area contributed by atoms with Crippen molar-refractivity contribution in [2.75, 3.05) is 12.3 Å². The third kappa shape index (κ3) is 3.43. The molecular formula is C16H19N5O5. The highest BCUT2D eigenvalue weighted by Crippen LogP contribution is 2.32. The Balaban J connectivity index is 1.75. The first-order valence-corrected chi connectivity index (χ1v) is 7.99. The van der Waals surface area contributed by atoms with Gasteiger partial charge in [0.1, 0.15) is 30.2 Å². The molecule has 1 aliphatic heterocycles. The van der Waals surface area contributed by atoms with Gasteiger partial charge in [-0.1, -0.05) is 18.2 Å². The van der Waals surface area contributed by atoms with Crippen LogP contribution in [0.5, 0.6) is 0 Å². The normalized spacial score (nSPS) is 26.3. The molecule has 1 aliphatic rings. The summed E-state index contributed by atoms with van der Waals surface area (Å²) in [5, 5.41) is 20.5. The third-order valence-corrected chi connectivity index (χ3v) is 3.87. The zero-order valence-electron chi connectivity index (χ0n) is 14.0. The average Bonchev–Trinajstić information content (AvgIpc) is 3.16. The molecule has 0 amide bonds. The van der Waals surface area contributed by atoms with E-state index >= 15 is 0 Å². The van der Waals surface area contributed by atoms with Gasteiger partial charge in [-0.3, -0.25) is 4.57 Å². The van der Waals surface area contributed by atoms with Crippen molar-refractivity contribution in [1.29, 1.82) is 0 Å². The Kier molecular flexibility index (Phi) is 5.26. The Morgan fingerprint density at radius 3 is 2.92 bits per heavy atom. The van der Waals surface area contributed by atoms with Gasteiger partial charge in [0.25, 0.3) is 0 Å². The molecule has 1 fully saturated rings. The highest BCUT2D eigenvalue weighted by atomic mass is 16.6. The van der Waals surface area contributed by atoms with Crippen LogP contribution < -0.4 is 5.73 Å². The maximum absolute atomic E-state index is 11.2. The van der Waals surface area contributed by atoms with Crippen molar-refractivity contribution < 1.29 is 24.5 Å². The number of esters is 1. The highest BCUT2D eigenvalue weighted by Gasteiger charge is 2.43. The Hall–Kier alpha value is -2.82. The molecule has 0 aliphatic carbocycles. The summed E-state index contributed by atoms with van der Waals surface area (Å²) in [6.07, 6.45) is 4.45. The number of aliphatic hydroxyl groups is 2. The standard InChI is InChI=1S/C16H19N5O5/c1-2-25-10(22)6-4-3-5-9-12(23)13(24)16(26-9)21-8-20-11-14(17)18-7-19-15(11)21/h3-9,12-13,16,23-24H,2H2,1H3,(H2,17,18,19)/b5-3+,6-4-/t9-,12-,13-,16?/m1/s1. The zero-order chi connectivity index (χ0) is 18.7. The topological polar surface area (TPSA) is 146 Å². The van der Waals surface area contributed by atoms with Crippen LogP contribution in [0.25, 0.3) is 11.2 Å². The predicted octanol–water partition coefficient (Wildman–Crippen LogP) is -0.297. The average molecular weight is 361 g/mol. The number of carbonyl (C=O) groups is 1. The molecule has 3 rings (SSSR count). The fourth-order valence-corrected chi connectivity index (χ4v) is 2.63. The lowest BCUT2D eigenvalue weighted by atomic mass is 10.1. The molecule has 0 spiro atoms. The van der Waals surface area contributed by atoms with E-state index in [0.717, 1.165) is 0 Å². The van der Waals surface area contributed by atoms with Crippen LogP contribution in [0.3, 0.4) is 0 Å². The molecular weight excluding hydrogens is 342 g/mol. The molecule has 1 saturated heterocycles. The van der Waals surface area contributed by atoms with Crippen molar-refractivity contribution in [1.82, 2.24) is 19.5 Å². The third-order valence-electron chi connectivity index (χ3n) is 3.87. The lowest BCUT2D eigenvalue weighted by Crippen LogP contribution is -2.30. The van der Waals surface area contributed by atoms with E-state index in [0.29, 0.717) is 11.2 Å². The van der Waals surface area contributed by atoms with Crippen molar-refractivity contribution in [3.63, 3.8) is 0 Å². The summed E-state index contributed by atoms with van der Waals surface area (Å²) >= 11 is 0. The number of imidazole rings is 1. The summed E-state index contributed by atoms with van der Waals surface area (Å²) in [5.74, 6) is -0.257. The molecule has 0 bridgehead atoms. The van der Waals surface area contributed by atoms with Crippen LogP contribution in [0.15, 0.2) is 37.0 Å². The van der Waals surface area contributed by atoms with E-state index in [1.807, 2.05) is 0 Å². The molecule has 138 valence electrons. The number of nitrogens with zero attached hydrogens (tertiary/aromatic N) is 4. The molecule has 3 heterocycles. The molecule has 10 nitrogen and oxygen atoms in total. The summed E-state index contributed by atoms with van der Waals surface area (Å²) in [7, 11) is 0. The molecule has 0 saturated carbocycles.